The van der Waals surface area contributed by atoms with Crippen LogP contribution in [0.3, 0.4) is 0 Å². The van der Waals surface area contributed by atoms with Crippen LogP contribution in [0.1, 0.15) is 24.5 Å². The molecule has 0 aliphatic carbocycles. The lowest BCUT2D eigenvalue weighted by atomic mass is 10.1. The van der Waals surface area contributed by atoms with Crippen LogP contribution >= 0.6 is 0 Å². The summed E-state index contributed by atoms with van der Waals surface area (Å²) in [5.74, 6) is 0.817. The first-order valence-electron chi connectivity index (χ1n) is 6.51. The predicted octanol–water partition coefficient (Wildman–Crippen LogP) is 2.22. The molecule has 0 aromatic heterocycles. The molecule has 4 nitrogen and oxygen atoms in total. The largest absolute Gasteiger partial charge is 0.493 e. The number of methoxy groups -OCH3 is 1. The second kappa shape index (κ2) is 7.79. The zero-order valence-electron chi connectivity index (χ0n) is 12.2. The number of carbonyl (C=O) groups is 1. The number of aryl methyl sites for hydroxylation is 2. The van der Waals surface area contributed by atoms with Crippen LogP contribution in [0.15, 0.2) is 18.2 Å². The number of nitrogens with one attached hydrogen (secondary N) is 1. The van der Waals surface area contributed by atoms with Gasteiger partial charge < -0.3 is 14.8 Å². The van der Waals surface area contributed by atoms with Gasteiger partial charge in [-0.15, -0.1) is 0 Å². The Labute approximate surface area is 115 Å². The molecule has 1 amide bonds. The second-order valence-electron chi connectivity index (χ2n) is 4.79. The Bertz CT molecular complexity index is 418. The van der Waals surface area contributed by atoms with Crippen LogP contribution in [-0.4, -0.2) is 32.3 Å². The standard InChI is InChI=1S/C15H23NO3/c1-11-5-6-14(12(2)9-11)19-8-7-15(17)16-13(3)10-18-4/h5-6,9,13H,7-8,10H2,1-4H3,(H,16,17). The fourth-order valence-corrected chi connectivity index (χ4v) is 1.85. The molecule has 1 N–H and O–H groups in total. The van der Waals surface area contributed by atoms with Gasteiger partial charge in [0.1, 0.15) is 5.75 Å². The summed E-state index contributed by atoms with van der Waals surface area (Å²) in [5, 5.41) is 2.85. The van der Waals surface area contributed by atoms with Gasteiger partial charge in [-0.1, -0.05) is 17.7 Å². The van der Waals surface area contributed by atoms with Gasteiger partial charge in [0, 0.05) is 13.2 Å². The van der Waals surface area contributed by atoms with Gasteiger partial charge in [0.25, 0.3) is 0 Å². The lowest BCUT2D eigenvalue weighted by molar-refractivity contribution is -0.122. The molecular formula is C15H23NO3. The predicted molar refractivity (Wildman–Crippen MR) is 75.5 cm³/mol. The van der Waals surface area contributed by atoms with E-state index in [1.54, 1.807) is 7.11 Å². The molecular weight excluding hydrogens is 242 g/mol. The van der Waals surface area contributed by atoms with Crippen molar-refractivity contribution >= 4 is 5.91 Å². The number of hydrogen-bond donors (Lipinski definition) is 1. The Morgan fingerprint density at radius 1 is 1.37 bits per heavy atom. The minimum Gasteiger partial charge on any atom is -0.493 e. The molecule has 0 fully saturated rings. The van der Waals surface area contributed by atoms with Crippen molar-refractivity contribution in [2.75, 3.05) is 20.3 Å². The third kappa shape index (κ3) is 5.75. The van der Waals surface area contributed by atoms with Gasteiger partial charge in [-0.2, -0.15) is 0 Å². The van der Waals surface area contributed by atoms with Gasteiger partial charge in [0.15, 0.2) is 0 Å². The molecule has 1 aromatic carbocycles. The molecule has 1 rings (SSSR count). The molecule has 106 valence electrons. The smallest absolute Gasteiger partial charge is 0.223 e. The van der Waals surface area contributed by atoms with E-state index in [1.807, 2.05) is 32.9 Å². The average molecular weight is 265 g/mol. The molecule has 0 aliphatic heterocycles. The van der Waals surface area contributed by atoms with Gasteiger partial charge >= 0.3 is 0 Å². The Morgan fingerprint density at radius 2 is 2.11 bits per heavy atom. The van der Waals surface area contributed by atoms with Gasteiger partial charge in [-0.3, -0.25) is 4.79 Å². The van der Waals surface area contributed by atoms with Crippen LogP contribution in [0, 0.1) is 13.8 Å². The minimum atomic E-state index is -0.0192. The maximum Gasteiger partial charge on any atom is 0.223 e. The zero-order chi connectivity index (χ0) is 14.3. The first-order valence-corrected chi connectivity index (χ1v) is 6.51. The summed E-state index contributed by atoms with van der Waals surface area (Å²) in [4.78, 5) is 11.6. The van der Waals surface area contributed by atoms with E-state index in [1.165, 1.54) is 5.56 Å². The van der Waals surface area contributed by atoms with Crippen molar-refractivity contribution in [1.29, 1.82) is 0 Å². The van der Waals surface area contributed by atoms with E-state index >= 15 is 0 Å². The summed E-state index contributed by atoms with van der Waals surface area (Å²) in [5.41, 5.74) is 2.30. The molecule has 1 aromatic rings. The average Bonchev–Trinajstić information content (AvgIpc) is 2.32. The van der Waals surface area contributed by atoms with Crippen molar-refractivity contribution in [3.63, 3.8) is 0 Å². The van der Waals surface area contributed by atoms with Gasteiger partial charge in [-0.25, -0.2) is 0 Å². The Kier molecular flexibility index (Phi) is 6.36. The number of rotatable bonds is 7. The van der Waals surface area contributed by atoms with E-state index < -0.39 is 0 Å². The van der Waals surface area contributed by atoms with Crippen molar-refractivity contribution in [3.8, 4) is 5.75 Å². The highest BCUT2D eigenvalue weighted by Crippen LogP contribution is 2.18. The molecule has 19 heavy (non-hydrogen) atoms. The molecule has 0 saturated carbocycles. The highest BCUT2D eigenvalue weighted by atomic mass is 16.5. The van der Waals surface area contributed by atoms with E-state index in [9.17, 15) is 4.79 Å². The SMILES string of the molecule is COCC(C)NC(=O)CCOc1ccc(C)cc1C. The Balaban J connectivity index is 2.31. The maximum atomic E-state index is 11.6. The fourth-order valence-electron chi connectivity index (χ4n) is 1.85. The first-order chi connectivity index (χ1) is 9.02. The Morgan fingerprint density at radius 3 is 2.74 bits per heavy atom. The van der Waals surface area contributed by atoms with Crippen LogP contribution in [0.25, 0.3) is 0 Å². The second-order valence-corrected chi connectivity index (χ2v) is 4.79. The fraction of sp³-hybridized carbons (Fsp3) is 0.533. The van der Waals surface area contributed by atoms with E-state index in [2.05, 4.69) is 11.4 Å². The topological polar surface area (TPSA) is 47.6 Å². The number of hydrogen-bond acceptors (Lipinski definition) is 3. The number of carbonyl (C=O) groups excluding carboxylic acids is 1. The molecule has 0 bridgehead atoms. The van der Waals surface area contributed by atoms with E-state index in [0.29, 0.717) is 19.6 Å². The number of amides is 1. The zero-order valence-corrected chi connectivity index (χ0v) is 12.2. The molecule has 0 saturated heterocycles. The lowest BCUT2D eigenvalue weighted by Gasteiger charge is -2.13. The van der Waals surface area contributed by atoms with Crippen molar-refractivity contribution in [1.82, 2.24) is 5.32 Å². The molecule has 0 spiro atoms. The number of benzene rings is 1. The van der Waals surface area contributed by atoms with Crippen LogP contribution in [-0.2, 0) is 9.53 Å². The summed E-state index contributed by atoms with van der Waals surface area (Å²) in [6.45, 7) is 6.86. The van der Waals surface area contributed by atoms with E-state index in [4.69, 9.17) is 9.47 Å². The molecule has 4 heteroatoms. The van der Waals surface area contributed by atoms with E-state index in [0.717, 1.165) is 11.3 Å². The van der Waals surface area contributed by atoms with Crippen molar-refractivity contribution in [3.05, 3.63) is 29.3 Å². The summed E-state index contributed by atoms with van der Waals surface area (Å²) in [6, 6.07) is 6.04. The molecule has 1 unspecified atom stereocenters. The Hall–Kier alpha value is -1.55. The van der Waals surface area contributed by atoms with Crippen LogP contribution in [0.4, 0.5) is 0 Å². The van der Waals surface area contributed by atoms with Gasteiger partial charge in [0.05, 0.1) is 19.6 Å². The van der Waals surface area contributed by atoms with Crippen molar-refractivity contribution < 1.29 is 14.3 Å². The normalized spacial score (nSPS) is 12.0. The van der Waals surface area contributed by atoms with Crippen molar-refractivity contribution in [2.45, 2.75) is 33.2 Å². The first kappa shape index (κ1) is 15.5. The quantitative estimate of drug-likeness (QED) is 0.822. The van der Waals surface area contributed by atoms with Crippen LogP contribution in [0.5, 0.6) is 5.75 Å². The van der Waals surface area contributed by atoms with Gasteiger partial charge in [-0.05, 0) is 32.4 Å². The summed E-state index contributed by atoms with van der Waals surface area (Å²) < 4.78 is 10.6. The molecule has 0 radical (unpaired) electrons. The van der Waals surface area contributed by atoms with Crippen LogP contribution < -0.4 is 10.1 Å². The summed E-state index contributed by atoms with van der Waals surface area (Å²) >= 11 is 0. The summed E-state index contributed by atoms with van der Waals surface area (Å²) in [7, 11) is 1.62. The lowest BCUT2D eigenvalue weighted by Crippen LogP contribution is -2.36. The van der Waals surface area contributed by atoms with Crippen molar-refractivity contribution in [2.24, 2.45) is 0 Å². The molecule has 1 atom stereocenters. The monoisotopic (exact) mass is 265 g/mol. The van der Waals surface area contributed by atoms with E-state index in [-0.39, 0.29) is 11.9 Å². The molecule has 0 heterocycles. The third-order valence-corrected chi connectivity index (χ3v) is 2.74. The summed E-state index contributed by atoms with van der Waals surface area (Å²) in [6.07, 6.45) is 0.349. The number of ether oxygens (including phenoxy) is 2. The molecule has 0 aliphatic rings. The third-order valence-electron chi connectivity index (χ3n) is 2.74. The highest BCUT2D eigenvalue weighted by molar-refractivity contribution is 5.76. The highest BCUT2D eigenvalue weighted by Gasteiger charge is 2.07. The minimum absolute atomic E-state index is 0.0192. The maximum absolute atomic E-state index is 11.6. The van der Waals surface area contributed by atoms with Gasteiger partial charge in [0.2, 0.25) is 5.91 Å². The van der Waals surface area contributed by atoms with Crippen LogP contribution in [0.2, 0.25) is 0 Å².